The predicted molar refractivity (Wildman–Crippen MR) is 62.8 cm³/mol. The van der Waals surface area contributed by atoms with Gasteiger partial charge < -0.3 is 9.47 Å². The number of hydrogen-bond donors (Lipinski definition) is 0. The fourth-order valence-corrected chi connectivity index (χ4v) is 4.24. The number of hydrogen-bond acceptors (Lipinski definition) is 3. The molecule has 2 saturated heterocycles. The molecule has 3 atom stereocenters. The lowest BCUT2D eigenvalue weighted by Gasteiger charge is -2.43. The zero-order valence-corrected chi connectivity index (χ0v) is 11.1. The summed E-state index contributed by atoms with van der Waals surface area (Å²) in [4.78, 5) is 13.9. The number of rotatable bonds is 0. The second-order valence-corrected chi connectivity index (χ2v) is 6.44. The number of carbonyl (C=O) groups excluding carboxylic acids is 1. The SMILES string of the molecule is CC1(C)OCCN2C(=O)O[C@]3(C)CC[C@H]1[C@]23C. The summed E-state index contributed by atoms with van der Waals surface area (Å²) in [6, 6.07) is 0. The predicted octanol–water partition coefficient (Wildman–Crippen LogP) is 2.17. The van der Waals surface area contributed by atoms with Crippen LogP contribution in [-0.4, -0.2) is 40.9 Å². The van der Waals surface area contributed by atoms with Gasteiger partial charge in [0, 0.05) is 12.5 Å². The fraction of sp³-hybridized carbons (Fsp3) is 0.923. The van der Waals surface area contributed by atoms with Crippen LogP contribution in [0.25, 0.3) is 0 Å². The molecule has 2 aliphatic heterocycles. The molecule has 96 valence electrons. The first-order valence-electron chi connectivity index (χ1n) is 6.46. The summed E-state index contributed by atoms with van der Waals surface area (Å²) in [5, 5.41) is 0. The van der Waals surface area contributed by atoms with Crippen LogP contribution in [0.3, 0.4) is 0 Å². The van der Waals surface area contributed by atoms with E-state index in [-0.39, 0.29) is 22.8 Å². The standard InChI is InChI=1S/C13H21NO3/c1-11(2)9-5-6-12(3)13(9,4)14(7-8-16-11)10(15)17-12/h9H,5-8H2,1-4H3/t9-,12-,13+/m1/s1. The minimum Gasteiger partial charge on any atom is -0.441 e. The van der Waals surface area contributed by atoms with E-state index in [1.165, 1.54) is 0 Å². The maximum atomic E-state index is 12.0. The summed E-state index contributed by atoms with van der Waals surface area (Å²) in [6.45, 7) is 9.77. The molecule has 0 aromatic rings. The van der Waals surface area contributed by atoms with E-state index in [0.29, 0.717) is 19.1 Å². The zero-order chi connectivity index (χ0) is 12.5. The largest absolute Gasteiger partial charge is 0.441 e. The average Bonchev–Trinajstić information content (AvgIpc) is 2.49. The van der Waals surface area contributed by atoms with Crippen molar-refractivity contribution < 1.29 is 14.3 Å². The van der Waals surface area contributed by atoms with Crippen molar-refractivity contribution in [2.24, 2.45) is 5.92 Å². The summed E-state index contributed by atoms with van der Waals surface area (Å²) in [7, 11) is 0. The molecule has 17 heavy (non-hydrogen) atoms. The Morgan fingerprint density at radius 2 is 2.00 bits per heavy atom. The van der Waals surface area contributed by atoms with Crippen LogP contribution in [0.15, 0.2) is 0 Å². The molecule has 0 spiro atoms. The van der Waals surface area contributed by atoms with E-state index in [0.717, 1.165) is 12.8 Å². The van der Waals surface area contributed by atoms with E-state index in [1.54, 1.807) is 0 Å². The van der Waals surface area contributed by atoms with Crippen molar-refractivity contribution in [1.29, 1.82) is 0 Å². The lowest BCUT2D eigenvalue weighted by atomic mass is 9.73. The molecular weight excluding hydrogens is 218 g/mol. The number of ether oxygens (including phenoxy) is 2. The van der Waals surface area contributed by atoms with Gasteiger partial charge in [-0.05, 0) is 40.5 Å². The Balaban J connectivity index is 2.13. The molecule has 3 rings (SSSR count). The molecule has 3 aliphatic rings. The highest BCUT2D eigenvalue weighted by Gasteiger charge is 2.70. The highest BCUT2D eigenvalue weighted by Crippen LogP contribution is 2.58. The van der Waals surface area contributed by atoms with E-state index < -0.39 is 0 Å². The van der Waals surface area contributed by atoms with Crippen LogP contribution in [0.4, 0.5) is 4.79 Å². The quantitative estimate of drug-likeness (QED) is 0.650. The normalized spacial score (nSPS) is 47.6. The Hall–Kier alpha value is -0.770. The number of nitrogens with zero attached hydrogens (tertiary/aromatic N) is 1. The Labute approximate surface area is 102 Å². The van der Waals surface area contributed by atoms with E-state index in [4.69, 9.17) is 9.47 Å². The van der Waals surface area contributed by atoms with Crippen molar-refractivity contribution in [3.05, 3.63) is 0 Å². The molecule has 0 unspecified atom stereocenters. The van der Waals surface area contributed by atoms with Crippen LogP contribution >= 0.6 is 0 Å². The van der Waals surface area contributed by atoms with E-state index in [9.17, 15) is 4.79 Å². The molecular formula is C13H21NO3. The van der Waals surface area contributed by atoms with Gasteiger partial charge in [0.25, 0.3) is 0 Å². The Morgan fingerprint density at radius 1 is 1.29 bits per heavy atom. The van der Waals surface area contributed by atoms with E-state index >= 15 is 0 Å². The Bertz CT molecular complexity index is 381. The van der Waals surface area contributed by atoms with Gasteiger partial charge in [-0.2, -0.15) is 0 Å². The maximum Gasteiger partial charge on any atom is 0.411 e. The molecule has 0 aromatic carbocycles. The lowest BCUT2D eigenvalue weighted by Crippen LogP contribution is -2.58. The van der Waals surface area contributed by atoms with Crippen molar-refractivity contribution in [2.45, 2.75) is 57.3 Å². The van der Waals surface area contributed by atoms with Crippen molar-refractivity contribution in [3.8, 4) is 0 Å². The van der Waals surface area contributed by atoms with Gasteiger partial charge in [0.15, 0.2) is 0 Å². The lowest BCUT2D eigenvalue weighted by molar-refractivity contribution is -0.0707. The van der Waals surface area contributed by atoms with Gasteiger partial charge >= 0.3 is 6.09 Å². The molecule has 3 fully saturated rings. The van der Waals surface area contributed by atoms with Gasteiger partial charge in [0.1, 0.15) is 5.60 Å². The number of amides is 1. The van der Waals surface area contributed by atoms with Crippen molar-refractivity contribution >= 4 is 6.09 Å². The molecule has 2 heterocycles. The minimum absolute atomic E-state index is 0.166. The molecule has 0 N–H and O–H groups in total. The summed E-state index contributed by atoms with van der Waals surface area (Å²) in [6.07, 6.45) is 1.83. The first-order valence-corrected chi connectivity index (χ1v) is 6.46. The van der Waals surface area contributed by atoms with Gasteiger partial charge in [0.2, 0.25) is 0 Å². The Morgan fingerprint density at radius 3 is 2.71 bits per heavy atom. The van der Waals surface area contributed by atoms with Crippen LogP contribution in [0, 0.1) is 5.92 Å². The van der Waals surface area contributed by atoms with Crippen LogP contribution in [0.1, 0.15) is 40.5 Å². The summed E-state index contributed by atoms with van der Waals surface area (Å²) in [5.41, 5.74) is -0.751. The van der Waals surface area contributed by atoms with Crippen molar-refractivity contribution in [2.75, 3.05) is 13.2 Å². The smallest absolute Gasteiger partial charge is 0.411 e. The monoisotopic (exact) mass is 239 g/mol. The summed E-state index contributed by atoms with van der Waals surface area (Å²) >= 11 is 0. The third kappa shape index (κ3) is 1.15. The summed E-state index contributed by atoms with van der Waals surface area (Å²) in [5.74, 6) is 0.342. The first-order chi connectivity index (χ1) is 7.81. The van der Waals surface area contributed by atoms with Crippen LogP contribution in [0.2, 0.25) is 0 Å². The number of carbonyl (C=O) groups is 1. The molecule has 1 amide bonds. The first kappa shape index (κ1) is 11.3. The van der Waals surface area contributed by atoms with Crippen LogP contribution in [0.5, 0.6) is 0 Å². The van der Waals surface area contributed by atoms with Crippen molar-refractivity contribution in [3.63, 3.8) is 0 Å². The third-order valence-corrected chi connectivity index (χ3v) is 5.38. The minimum atomic E-state index is -0.347. The molecule has 1 saturated carbocycles. The van der Waals surface area contributed by atoms with Gasteiger partial charge in [-0.1, -0.05) is 0 Å². The molecule has 0 aromatic heterocycles. The summed E-state index contributed by atoms with van der Waals surface area (Å²) < 4.78 is 11.6. The topological polar surface area (TPSA) is 38.8 Å². The third-order valence-electron chi connectivity index (χ3n) is 5.38. The van der Waals surface area contributed by atoms with Gasteiger partial charge in [-0.25, -0.2) is 4.79 Å². The molecule has 0 radical (unpaired) electrons. The van der Waals surface area contributed by atoms with Crippen LogP contribution < -0.4 is 0 Å². The maximum absolute atomic E-state index is 12.0. The van der Waals surface area contributed by atoms with Gasteiger partial charge in [-0.15, -0.1) is 0 Å². The van der Waals surface area contributed by atoms with Crippen LogP contribution in [-0.2, 0) is 9.47 Å². The second kappa shape index (κ2) is 2.97. The van der Waals surface area contributed by atoms with E-state index in [1.807, 2.05) is 4.90 Å². The van der Waals surface area contributed by atoms with Crippen molar-refractivity contribution in [1.82, 2.24) is 4.90 Å². The second-order valence-electron chi connectivity index (χ2n) is 6.44. The van der Waals surface area contributed by atoms with Gasteiger partial charge in [0.05, 0.1) is 17.7 Å². The molecule has 4 nitrogen and oxygen atoms in total. The fourth-order valence-electron chi connectivity index (χ4n) is 4.24. The molecule has 0 bridgehead atoms. The van der Waals surface area contributed by atoms with E-state index in [2.05, 4.69) is 27.7 Å². The van der Waals surface area contributed by atoms with Gasteiger partial charge in [-0.3, -0.25) is 4.90 Å². The highest BCUT2D eigenvalue weighted by atomic mass is 16.6. The molecule has 4 heteroatoms. The average molecular weight is 239 g/mol. The zero-order valence-electron chi connectivity index (χ0n) is 11.1. The Kier molecular flexibility index (Phi) is 1.98. The molecule has 1 aliphatic carbocycles. The highest BCUT2D eigenvalue weighted by molar-refractivity contribution is 5.73.